The van der Waals surface area contributed by atoms with E-state index in [2.05, 4.69) is 35.7 Å². The Morgan fingerprint density at radius 1 is 1.38 bits per heavy atom. The van der Waals surface area contributed by atoms with Crippen molar-refractivity contribution in [1.29, 1.82) is 0 Å². The summed E-state index contributed by atoms with van der Waals surface area (Å²) in [5.74, 6) is 0.845. The second-order valence-electron chi connectivity index (χ2n) is 5.03. The summed E-state index contributed by atoms with van der Waals surface area (Å²) in [5.41, 5.74) is 8.59. The van der Waals surface area contributed by atoms with Gasteiger partial charge in [-0.1, -0.05) is 12.1 Å². The molecule has 21 heavy (non-hydrogen) atoms. The summed E-state index contributed by atoms with van der Waals surface area (Å²) in [6, 6.07) is 8.01. The molecule has 0 aromatic heterocycles. The number of methoxy groups -OCH3 is 1. The number of hydrazine groups is 1. The minimum atomic E-state index is 0.699. The van der Waals surface area contributed by atoms with Crippen molar-refractivity contribution in [3.05, 3.63) is 53.1 Å². The normalized spacial score (nSPS) is 17.4. The van der Waals surface area contributed by atoms with Crippen LogP contribution in [0.25, 0.3) is 0 Å². The first-order chi connectivity index (χ1) is 10.2. The fraction of sp³-hybridized carbons (Fsp3) is 0.312. The molecule has 110 valence electrons. The molecular weight excluding hydrogens is 264 g/mol. The second kappa shape index (κ2) is 5.52. The van der Waals surface area contributed by atoms with E-state index in [-0.39, 0.29) is 0 Å². The fourth-order valence-corrected chi connectivity index (χ4v) is 2.56. The van der Waals surface area contributed by atoms with E-state index in [1.165, 1.54) is 0 Å². The number of allylic oxidation sites excluding steroid dienone is 1. The smallest absolute Gasteiger partial charge is 0.119 e. The molecular formula is C16H20N4O. The molecule has 2 heterocycles. The van der Waals surface area contributed by atoms with Gasteiger partial charge in [-0.2, -0.15) is 0 Å². The Hall–Kier alpha value is -2.43. The zero-order valence-corrected chi connectivity index (χ0v) is 12.6. The van der Waals surface area contributed by atoms with Crippen LogP contribution in [0.5, 0.6) is 5.75 Å². The number of nitrogens with zero attached hydrogens (tertiary/aromatic N) is 2. The van der Waals surface area contributed by atoms with Crippen molar-refractivity contribution >= 4 is 5.71 Å². The third-order valence-corrected chi connectivity index (χ3v) is 3.67. The second-order valence-corrected chi connectivity index (χ2v) is 5.03. The van der Waals surface area contributed by atoms with E-state index in [0.717, 1.165) is 40.7 Å². The van der Waals surface area contributed by atoms with Crippen molar-refractivity contribution in [2.24, 2.45) is 4.99 Å². The summed E-state index contributed by atoms with van der Waals surface area (Å²) >= 11 is 0. The van der Waals surface area contributed by atoms with Gasteiger partial charge in [0, 0.05) is 18.3 Å². The average Bonchev–Trinajstić information content (AvgIpc) is 2.70. The maximum Gasteiger partial charge on any atom is 0.119 e. The van der Waals surface area contributed by atoms with Gasteiger partial charge in [0.25, 0.3) is 0 Å². The van der Waals surface area contributed by atoms with Gasteiger partial charge in [-0.05, 0) is 26.0 Å². The van der Waals surface area contributed by atoms with Crippen molar-refractivity contribution in [2.75, 3.05) is 20.2 Å². The third kappa shape index (κ3) is 2.46. The Bertz CT molecular complexity index is 645. The Balaban J connectivity index is 1.99. The van der Waals surface area contributed by atoms with Crippen LogP contribution in [0.2, 0.25) is 0 Å². The van der Waals surface area contributed by atoms with Gasteiger partial charge in [0.1, 0.15) is 17.1 Å². The van der Waals surface area contributed by atoms with Crippen LogP contribution in [0.3, 0.4) is 0 Å². The summed E-state index contributed by atoms with van der Waals surface area (Å²) < 4.78 is 5.30. The van der Waals surface area contributed by atoms with Crippen molar-refractivity contribution in [3.8, 4) is 5.75 Å². The predicted molar refractivity (Wildman–Crippen MR) is 83.8 cm³/mol. The summed E-state index contributed by atoms with van der Waals surface area (Å²) in [6.07, 6.45) is 2.03. The van der Waals surface area contributed by atoms with Crippen LogP contribution < -0.4 is 15.5 Å². The highest BCUT2D eigenvalue weighted by molar-refractivity contribution is 6.03. The van der Waals surface area contributed by atoms with Crippen LogP contribution in [0, 0.1) is 0 Å². The largest absolute Gasteiger partial charge is 0.497 e. The number of fused-ring (bicyclic) bond motifs is 1. The Labute approximate surface area is 125 Å². The summed E-state index contributed by atoms with van der Waals surface area (Å²) in [6.45, 7) is 5.75. The van der Waals surface area contributed by atoms with Gasteiger partial charge in [0.05, 0.1) is 25.1 Å². The lowest BCUT2D eigenvalue weighted by Gasteiger charge is -2.18. The van der Waals surface area contributed by atoms with E-state index >= 15 is 0 Å². The maximum atomic E-state index is 5.30. The third-order valence-electron chi connectivity index (χ3n) is 3.67. The first-order valence-electron chi connectivity index (χ1n) is 7.14. The molecule has 1 aromatic rings. The minimum Gasteiger partial charge on any atom is -0.497 e. The molecule has 0 radical (unpaired) electrons. The molecule has 5 nitrogen and oxygen atoms in total. The number of likely N-dealkylation sites (N-methyl/N-ethyl adjacent to an activating group) is 1. The average molecular weight is 284 g/mol. The van der Waals surface area contributed by atoms with Crippen molar-refractivity contribution in [3.63, 3.8) is 0 Å². The van der Waals surface area contributed by atoms with Crippen LogP contribution in [0.1, 0.15) is 19.4 Å². The molecule has 5 heteroatoms. The van der Waals surface area contributed by atoms with Crippen LogP contribution in [0.4, 0.5) is 0 Å². The van der Waals surface area contributed by atoms with E-state index in [1.807, 2.05) is 24.4 Å². The SMILES string of the molecule is CCN1NC(C)=C2N=C(c3cccc(OC)c3)CNC=C21. The van der Waals surface area contributed by atoms with Gasteiger partial charge in [-0.3, -0.25) is 5.01 Å². The zero-order valence-electron chi connectivity index (χ0n) is 12.6. The predicted octanol–water partition coefficient (Wildman–Crippen LogP) is 2.00. The Kier molecular flexibility index (Phi) is 3.56. The number of benzene rings is 1. The molecule has 2 N–H and O–H groups in total. The van der Waals surface area contributed by atoms with Crippen molar-refractivity contribution < 1.29 is 4.74 Å². The molecule has 0 saturated heterocycles. The number of ether oxygens (including phenoxy) is 1. The topological polar surface area (TPSA) is 48.9 Å². The van der Waals surface area contributed by atoms with Gasteiger partial charge >= 0.3 is 0 Å². The highest BCUT2D eigenvalue weighted by Gasteiger charge is 2.25. The van der Waals surface area contributed by atoms with E-state index in [0.29, 0.717) is 6.54 Å². The quantitative estimate of drug-likeness (QED) is 0.891. The molecule has 2 aliphatic rings. The molecule has 0 unspecified atom stereocenters. The van der Waals surface area contributed by atoms with E-state index in [4.69, 9.17) is 9.73 Å². The minimum absolute atomic E-state index is 0.699. The monoisotopic (exact) mass is 284 g/mol. The first kappa shape index (κ1) is 13.5. The number of aliphatic imine (C=N–C) groups is 1. The summed E-state index contributed by atoms with van der Waals surface area (Å²) in [4.78, 5) is 4.87. The summed E-state index contributed by atoms with van der Waals surface area (Å²) in [7, 11) is 1.68. The molecule has 0 saturated carbocycles. The molecule has 0 aliphatic carbocycles. The molecule has 0 fully saturated rings. The Morgan fingerprint density at radius 3 is 3.00 bits per heavy atom. The molecule has 2 aliphatic heterocycles. The number of hydrogen-bond acceptors (Lipinski definition) is 5. The molecule has 0 amide bonds. The first-order valence-corrected chi connectivity index (χ1v) is 7.14. The van der Waals surface area contributed by atoms with Crippen LogP contribution in [-0.4, -0.2) is 30.9 Å². The van der Waals surface area contributed by atoms with Crippen LogP contribution >= 0.6 is 0 Å². The van der Waals surface area contributed by atoms with E-state index in [1.54, 1.807) is 7.11 Å². The highest BCUT2D eigenvalue weighted by Crippen LogP contribution is 2.27. The lowest BCUT2D eigenvalue weighted by atomic mass is 10.1. The Morgan fingerprint density at radius 2 is 2.24 bits per heavy atom. The highest BCUT2D eigenvalue weighted by atomic mass is 16.5. The molecule has 0 bridgehead atoms. The van der Waals surface area contributed by atoms with Crippen molar-refractivity contribution in [2.45, 2.75) is 13.8 Å². The van der Waals surface area contributed by atoms with Crippen LogP contribution in [-0.2, 0) is 0 Å². The number of nitrogens with one attached hydrogen (secondary N) is 2. The zero-order chi connectivity index (χ0) is 14.8. The summed E-state index contributed by atoms with van der Waals surface area (Å²) in [5, 5.41) is 5.43. The lowest BCUT2D eigenvalue weighted by Crippen LogP contribution is -2.31. The van der Waals surface area contributed by atoms with Crippen LogP contribution in [0.15, 0.2) is 52.5 Å². The van der Waals surface area contributed by atoms with Gasteiger partial charge < -0.3 is 15.5 Å². The van der Waals surface area contributed by atoms with Gasteiger partial charge in [-0.15, -0.1) is 0 Å². The molecule has 3 rings (SSSR count). The molecule has 0 spiro atoms. The van der Waals surface area contributed by atoms with Gasteiger partial charge in [0.2, 0.25) is 0 Å². The standard InChI is InChI=1S/C16H20N4O/c1-4-20-15-10-17-9-14(18-16(15)11(2)19-20)12-6-5-7-13(8-12)21-3/h5-8,10,17,19H,4,9H2,1-3H3. The fourth-order valence-electron chi connectivity index (χ4n) is 2.56. The van der Waals surface area contributed by atoms with Crippen molar-refractivity contribution in [1.82, 2.24) is 15.8 Å². The number of hydrogen-bond donors (Lipinski definition) is 2. The van der Waals surface area contributed by atoms with E-state index in [9.17, 15) is 0 Å². The lowest BCUT2D eigenvalue weighted by molar-refractivity contribution is 0.318. The van der Waals surface area contributed by atoms with Gasteiger partial charge in [0.15, 0.2) is 0 Å². The number of rotatable bonds is 3. The van der Waals surface area contributed by atoms with Gasteiger partial charge in [-0.25, -0.2) is 4.99 Å². The molecule has 0 atom stereocenters. The molecule has 1 aromatic carbocycles. The van der Waals surface area contributed by atoms with E-state index < -0.39 is 0 Å². The maximum absolute atomic E-state index is 5.30.